The van der Waals surface area contributed by atoms with Gasteiger partial charge in [0, 0.05) is 47.9 Å². The fourth-order valence-corrected chi connectivity index (χ4v) is 3.52. The van der Waals surface area contributed by atoms with Crippen molar-refractivity contribution in [3.8, 4) is 5.88 Å². The number of oxime groups is 1. The second kappa shape index (κ2) is 7.71. The predicted octanol–water partition coefficient (Wildman–Crippen LogP) is 3.46. The summed E-state index contributed by atoms with van der Waals surface area (Å²) in [6.45, 7) is 2.40. The summed E-state index contributed by atoms with van der Waals surface area (Å²) in [4.78, 5) is 18.4. The van der Waals surface area contributed by atoms with Crippen LogP contribution in [0.5, 0.6) is 5.88 Å². The monoisotopic (exact) mass is 381 g/mol. The van der Waals surface area contributed by atoms with Crippen LogP contribution in [0.1, 0.15) is 34.4 Å². The average Bonchev–Trinajstić information content (AvgIpc) is 3.30. The van der Waals surface area contributed by atoms with Gasteiger partial charge in [0.25, 0.3) is 0 Å². The second-order valence-electron chi connectivity index (χ2n) is 6.29. The molecule has 0 saturated heterocycles. The summed E-state index contributed by atoms with van der Waals surface area (Å²) in [6.07, 6.45) is 4.66. The van der Waals surface area contributed by atoms with Crippen molar-refractivity contribution in [1.82, 2.24) is 15.0 Å². The molecule has 2 N–H and O–H groups in total. The summed E-state index contributed by atoms with van der Waals surface area (Å²) < 4.78 is 5.68. The molecular weight excluding hydrogens is 362 g/mol. The minimum atomic E-state index is -0.175. The van der Waals surface area contributed by atoms with Gasteiger partial charge in [-0.05, 0) is 24.6 Å². The molecule has 7 nitrogen and oxygen atoms in total. The van der Waals surface area contributed by atoms with Gasteiger partial charge in [0.2, 0.25) is 5.88 Å². The maximum atomic E-state index is 5.92. The fourth-order valence-electron chi connectivity index (χ4n) is 2.84. The van der Waals surface area contributed by atoms with Crippen LogP contribution in [-0.2, 0) is 17.9 Å². The van der Waals surface area contributed by atoms with Gasteiger partial charge in [-0.2, -0.15) is 0 Å². The third-order valence-electron chi connectivity index (χ3n) is 4.16. The van der Waals surface area contributed by atoms with Crippen LogP contribution in [-0.4, -0.2) is 20.7 Å². The summed E-state index contributed by atoms with van der Waals surface area (Å²) in [6, 6.07) is 7.62. The third-order valence-corrected chi connectivity index (χ3v) is 5.10. The molecule has 1 atom stereocenters. The predicted molar refractivity (Wildman–Crippen MR) is 104 cm³/mol. The Morgan fingerprint density at radius 1 is 1.30 bits per heavy atom. The molecule has 1 unspecified atom stereocenters. The molecule has 1 aliphatic heterocycles. The maximum absolute atomic E-state index is 5.92. The van der Waals surface area contributed by atoms with Gasteiger partial charge in [0.15, 0.2) is 6.10 Å². The number of hydrogen-bond acceptors (Lipinski definition) is 8. The lowest BCUT2D eigenvalue weighted by Crippen LogP contribution is -2.06. The van der Waals surface area contributed by atoms with Crippen LogP contribution in [0.3, 0.4) is 0 Å². The third kappa shape index (κ3) is 4.22. The van der Waals surface area contributed by atoms with E-state index in [0.29, 0.717) is 31.1 Å². The van der Waals surface area contributed by atoms with Crippen molar-refractivity contribution >= 4 is 22.9 Å². The molecule has 0 fully saturated rings. The van der Waals surface area contributed by atoms with Gasteiger partial charge in [0.05, 0.1) is 5.71 Å². The number of anilines is 1. The van der Waals surface area contributed by atoms with Crippen molar-refractivity contribution in [2.45, 2.75) is 32.5 Å². The Labute approximate surface area is 160 Å². The summed E-state index contributed by atoms with van der Waals surface area (Å²) in [5.41, 5.74) is 9.80. The smallest absolute Gasteiger partial charge is 0.213 e. The Bertz CT molecular complexity index is 955. The highest BCUT2D eigenvalue weighted by Gasteiger charge is 2.25. The van der Waals surface area contributed by atoms with Gasteiger partial charge in [-0.25, -0.2) is 15.0 Å². The summed E-state index contributed by atoms with van der Waals surface area (Å²) in [5, 5.41) is 7.15. The van der Waals surface area contributed by atoms with Crippen LogP contribution in [0.15, 0.2) is 47.2 Å². The lowest BCUT2D eigenvalue weighted by Gasteiger charge is -2.09. The first kappa shape index (κ1) is 17.4. The van der Waals surface area contributed by atoms with Crippen LogP contribution >= 0.6 is 11.3 Å². The number of hydrogen-bond donors (Lipinski definition) is 1. The van der Waals surface area contributed by atoms with E-state index in [4.69, 9.17) is 15.3 Å². The van der Waals surface area contributed by atoms with Gasteiger partial charge in [-0.1, -0.05) is 11.2 Å². The quantitative estimate of drug-likeness (QED) is 0.702. The SMILES string of the molecule is Cc1csc(COc2ccc(CC3=NOC(c4cccnc4N)C3)cn2)n1. The van der Waals surface area contributed by atoms with Crippen LogP contribution in [0.2, 0.25) is 0 Å². The van der Waals surface area contributed by atoms with E-state index in [1.54, 1.807) is 23.7 Å². The lowest BCUT2D eigenvalue weighted by molar-refractivity contribution is 0.0860. The molecule has 8 heteroatoms. The highest BCUT2D eigenvalue weighted by molar-refractivity contribution is 7.09. The fraction of sp³-hybridized carbons (Fsp3) is 0.263. The molecule has 27 heavy (non-hydrogen) atoms. The maximum Gasteiger partial charge on any atom is 0.213 e. The van der Waals surface area contributed by atoms with Crippen LogP contribution in [0, 0.1) is 6.92 Å². The van der Waals surface area contributed by atoms with Crippen molar-refractivity contribution < 1.29 is 9.57 Å². The van der Waals surface area contributed by atoms with Gasteiger partial charge in [-0.3, -0.25) is 0 Å². The zero-order valence-corrected chi connectivity index (χ0v) is 15.6. The van der Waals surface area contributed by atoms with Gasteiger partial charge in [0.1, 0.15) is 17.4 Å². The number of rotatable bonds is 6. The number of nitrogens with two attached hydrogens (primary N) is 1. The first-order valence-electron chi connectivity index (χ1n) is 8.58. The second-order valence-corrected chi connectivity index (χ2v) is 7.23. The van der Waals surface area contributed by atoms with Crippen molar-refractivity contribution in [1.29, 1.82) is 0 Å². The van der Waals surface area contributed by atoms with E-state index in [9.17, 15) is 0 Å². The number of aryl methyl sites for hydroxylation is 1. The molecule has 3 aromatic heterocycles. The summed E-state index contributed by atoms with van der Waals surface area (Å²) in [5.74, 6) is 1.06. The first-order valence-corrected chi connectivity index (χ1v) is 9.46. The van der Waals surface area contributed by atoms with E-state index in [1.807, 2.05) is 36.6 Å². The Morgan fingerprint density at radius 2 is 2.22 bits per heavy atom. The van der Waals surface area contributed by atoms with Crippen LogP contribution in [0.4, 0.5) is 5.82 Å². The van der Waals surface area contributed by atoms with Gasteiger partial charge < -0.3 is 15.3 Å². The van der Waals surface area contributed by atoms with E-state index in [2.05, 4.69) is 20.1 Å². The van der Waals surface area contributed by atoms with Crippen LogP contribution < -0.4 is 10.5 Å². The first-order chi connectivity index (χ1) is 13.2. The highest BCUT2D eigenvalue weighted by atomic mass is 32.1. The molecule has 3 aromatic rings. The van der Waals surface area contributed by atoms with E-state index >= 15 is 0 Å². The van der Waals surface area contributed by atoms with Crippen molar-refractivity contribution in [2.24, 2.45) is 5.16 Å². The van der Waals surface area contributed by atoms with Crippen molar-refractivity contribution in [2.75, 3.05) is 5.73 Å². The molecule has 0 saturated carbocycles. The number of pyridine rings is 2. The molecule has 0 aromatic carbocycles. The Kier molecular flexibility index (Phi) is 4.97. The normalized spacial score (nSPS) is 16.0. The Hall–Kier alpha value is -3.00. The molecule has 4 rings (SSSR count). The Balaban J connectivity index is 1.32. The van der Waals surface area contributed by atoms with Crippen LogP contribution in [0.25, 0.3) is 0 Å². The molecule has 0 radical (unpaired) electrons. The van der Waals surface area contributed by atoms with Crippen molar-refractivity contribution in [3.05, 3.63) is 63.9 Å². The molecular formula is C19H19N5O2S. The zero-order valence-electron chi connectivity index (χ0n) is 14.8. The molecule has 0 bridgehead atoms. The minimum absolute atomic E-state index is 0.175. The number of nitrogens with zero attached hydrogens (tertiary/aromatic N) is 4. The molecule has 4 heterocycles. The van der Waals surface area contributed by atoms with E-state index in [0.717, 1.165) is 27.5 Å². The lowest BCUT2D eigenvalue weighted by atomic mass is 10.0. The average molecular weight is 381 g/mol. The number of thiazole rings is 1. The topological polar surface area (TPSA) is 95.5 Å². The molecule has 0 aliphatic carbocycles. The molecule has 138 valence electrons. The Morgan fingerprint density at radius 3 is 2.96 bits per heavy atom. The standard InChI is InChI=1S/C19H19N5O2S/c1-12-11-27-18(23-12)10-25-17-5-4-13(9-22-17)7-14-8-16(26-24-14)15-3-2-6-21-19(15)20/h2-6,9,11,16H,7-8,10H2,1H3,(H2,20,21). The van der Waals surface area contributed by atoms with Gasteiger partial charge >= 0.3 is 0 Å². The number of ether oxygens (including phenoxy) is 1. The van der Waals surface area contributed by atoms with E-state index in [1.165, 1.54) is 0 Å². The summed E-state index contributed by atoms with van der Waals surface area (Å²) >= 11 is 1.59. The summed E-state index contributed by atoms with van der Waals surface area (Å²) in [7, 11) is 0. The van der Waals surface area contributed by atoms with E-state index in [-0.39, 0.29) is 6.10 Å². The minimum Gasteiger partial charge on any atom is -0.470 e. The molecule has 1 aliphatic rings. The molecule has 0 spiro atoms. The number of nitrogen functional groups attached to an aromatic ring is 1. The number of aromatic nitrogens is 3. The largest absolute Gasteiger partial charge is 0.470 e. The van der Waals surface area contributed by atoms with Gasteiger partial charge in [-0.15, -0.1) is 11.3 Å². The van der Waals surface area contributed by atoms with Crippen molar-refractivity contribution in [3.63, 3.8) is 0 Å². The zero-order chi connectivity index (χ0) is 18.6. The highest BCUT2D eigenvalue weighted by Crippen LogP contribution is 2.30. The molecule has 0 amide bonds. The van der Waals surface area contributed by atoms with E-state index < -0.39 is 0 Å².